The van der Waals surface area contributed by atoms with E-state index >= 15 is 0 Å². The summed E-state index contributed by atoms with van der Waals surface area (Å²) < 4.78 is 7.38. The lowest BCUT2D eigenvalue weighted by Gasteiger charge is -2.07. The van der Waals surface area contributed by atoms with Crippen LogP contribution in [-0.4, -0.2) is 22.2 Å². The lowest BCUT2D eigenvalue weighted by molar-refractivity contribution is 0.0527. The number of phenols is 1. The Kier molecular flexibility index (Phi) is 6.09. The summed E-state index contributed by atoms with van der Waals surface area (Å²) in [5.41, 5.74) is 3.03. The number of hydrogen-bond acceptors (Lipinski definition) is 5. The third-order valence-electron chi connectivity index (χ3n) is 4.68. The summed E-state index contributed by atoms with van der Waals surface area (Å²) in [7, 11) is 0. The van der Waals surface area contributed by atoms with Gasteiger partial charge in [0.05, 0.1) is 23.4 Å². The number of ether oxygens (including phenoxy) is 1. The smallest absolute Gasteiger partial charge is 0.340 e. The largest absolute Gasteiger partial charge is 0.506 e. The summed E-state index contributed by atoms with van der Waals surface area (Å²) in [6, 6.07) is 12.7. The van der Waals surface area contributed by atoms with Crippen LogP contribution in [0.4, 0.5) is 11.4 Å². The Bertz CT molecular complexity index is 1010. The van der Waals surface area contributed by atoms with Crippen molar-refractivity contribution < 1.29 is 14.6 Å². The quantitative estimate of drug-likeness (QED) is 0.401. The molecule has 0 radical (unpaired) electrons. The SMILES string of the molecule is CCCCn1c(C)c(C(=O)OCC)c2c(N=Nc3ccccc3)c(O)ccc21. The van der Waals surface area contributed by atoms with E-state index < -0.39 is 5.97 Å². The molecule has 6 nitrogen and oxygen atoms in total. The highest BCUT2D eigenvalue weighted by Gasteiger charge is 2.25. The highest BCUT2D eigenvalue weighted by atomic mass is 16.5. The fourth-order valence-corrected chi connectivity index (χ4v) is 3.30. The number of azo groups is 1. The van der Waals surface area contributed by atoms with E-state index in [9.17, 15) is 9.90 Å². The van der Waals surface area contributed by atoms with E-state index in [1.165, 1.54) is 0 Å². The molecule has 3 rings (SSSR count). The van der Waals surface area contributed by atoms with Gasteiger partial charge in [0.15, 0.2) is 0 Å². The van der Waals surface area contributed by atoms with Crippen molar-refractivity contribution in [2.75, 3.05) is 6.61 Å². The van der Waals surface area contributed by atoms with Crippen LogP contribution in [0.2, 0.25) is 0 Å². The number of carbonyl (C=O) groups is 1. The number of esters is 1. The van der Waals surface area contributed by atoms with Crippen LogP contribution in [0, 0.1) is 6.92 Å². The summed E-state index contributed by atoms with van der Waals surface area (Å²) in [5.74, 6) is -0.438. The van der Waals surface area contributed by atoms with Crippen molar-refractivity contribution in [1.82, 2.24) is 4.57 Å². The van der Waals surface area contributed by atoms with Crippen molar-refractivity contribution in [1.29, 1.82) is 0 Å². The predicted octanol–water partition coefficient (Wildman–Crippen LogP) is 6.05. The van der Waals surface area contributed by atoms with Gasteiger partial charge >= 0.3 is 5.97 Å². The molecule has 0 amide bonds. The van der Waals surface area contributed by atoms with E-state index in [0.29, 0.717) is 16.6 Å². The summed E-state index contributed by atoms with van der Waals surface area (Å²) >= 11 is 0. The highest BCUT2D eigenvalue weighted by Crippen LogP contribution is 2.41. The van der Waals surface area contributed by atoms with Gasteiger partial charge in [0, 0.05) is 17.6 Å². The molecule has 1 heterocycles. The molecule has 0 saturated heterocycles. The van der Waals surface area contributed by atoms with E-state index in [0.717, 1.165) is 30.6 Å². The number of aromatic nitrogens is 1. The number of phenolic OH excluding ortho intramolecular Hbond substituents is 1. The second kappa shape index (κ2) is 8.69. The number of aryl methyl sites for hydroxylation is 1. The van der Waals surface area contributed by atoms with Gasteiger partial charge in [-0.2, -0.15) is 5.11 Å². The van der Waals surface area contributed by atoms with E-state index in [4.69, 9.17) is 4.74 Å². The molecular formula is C22H25N3O3. The average Bonchev–Trinajstić information content (AvgIpc) is 2.98. The summed E-state index contributed by atoms with van der Waals surface area (Å²) in [4.78, 5) is 12.7. The Morgan fingerprint density at radius 1 is 1.11 bits per heavy atom. The summed E-state index contributed by atoms with van der Waals surface area (Å²) in [6.45, 7) is 6.85. The van der Waals surface area contributed by atoms with Gasteiger partial charge in [-0.3, -0.25) is 0 Å². The molecule has 3 aromatic rings. The van der Waals surface area contributed by atoms with Crippen LogP contribution in [0.15, 0.2) is 52.7 Å². The molecule has 0 unspecified atom stereocenters. The number of hydrogen-bond donors (Lipinski definition) is 1. The zero-order chi connectivity index (χ0) is 20.1. The minimum absolute atomic E-state index is 0.0228. The van der Waals surface area contributed by atoms with Crippen molar-refractivity contribution in [2.24, 2.45) is 10.2 Å². The fourth-order valence-electron chi connectivity index (χ4n) is 3.30. The molecule has 0 saturated carbocycles. The van der Waals surface area contributed by atoms with Gasteiger partial charge in [0.2, 0.25) is 0 Å². The van der Waals surface area contributed by atoms with Crippen molar-refractivity contribution >= 4 is 28.2 Å². The molecule has 0 atom stereocenters. The van der Waals surface area contributed by atoms with E-state index in [2.05, 4.69) is 21.7 Å². The molecule has 0 aliphatic heterocycles. The van der Waals surface area contributed by atoms with Crippen LogP contribution in [0.1, 0.15) is 42.7 Å². The molecule has 0 spiro atoms. The average molecular weight is 379 g/mol. The van der Waals surface area contributed by atoms with Crippen LogP contribution in [0.3, 0.4) is 0 Å². The first-order chi connectivity index (χ1) is 13.6. The Morgan fingerprint density at radius 2 is 1.86 bits per heavy atom. The van der Waals surface area contributed by atoms with Crippen LogP contribution in [0.5, 0.6) is 5.75 Å². The minimum atomic E-state index is -0.415. The van der Waals surface area contributed by atoms with E-state index in [-0.39, 0.29) is 18.0 Å². The molecular weight excluding hydrogens is 354 g/mol. The van der Waals surface area contributed by atoms with Gasteiger partial charge in [-0.05, 0) is 44.5 Å². The standard InChI is InChI=1S/C22H25N3O3/c1-4-6-14-25-15(3)19(22(27)28-5-2)20-17(25)12-13-18(26)21(20)24-23-16-10-8-7-9-11-16/h7-13,26H,4-6,14H2,1-3H3. The van der Waals surface area contributed by atoms with Crippen LogP contribution in [-0.2, 0) is 11.3 Å². The van der Waals surface area contributed by atoms with Gasteiger partial charge in [-0.15, -0.1) is 5.11 Å². The normalized spacial score (nSPS) is 11.4. The Morgan fingerprint density at radius 3 is 2.54 bits per heavy atom. The third kappa shape index (κ3) is 3.76. The van der Waals surface area contributed by atoms with Gasteiger partial charge in [0.25, 0.3) is 0 Å². The first-order valence-electron chi connectivity index (χ1n) is 9.57. The summed E-state index contributed by atoms with van der Waals surface area (Å²) in [6.07, 6.45) is 2.02. The van der Waals surface area contributed by atoms with Crippen LogP contribution in [0.25, 0.3) is 10.9 Å². The van der Waals surface area contributed by atoms with Gasteiger partial charge in [-0.1, -0.05) is 31.5 Å². The third-order valence-corrected chi connectivity index (χ3v) is 4.68. The van der Waals surface area contributed by atoms with Gasteiger partial charge in [0.1, 0.15) is 11.4 Å². The maximum atomic E-state index is 12.7. The molecule has 0 fully saturated rings. The highest BCUT2D eigenvalue weighted by molar-refractivity contribution is 6.11. The monoisotopic (exact) mass is 379 g/mol. The topological polar surface area (TPSA) is 76.2 Å². The van der Waals surface area contributed by atoms with Crippen molar-refractivity contribution in [3.05, 3.63) is 53.7 Å². The lowest BCUT2D eigenvalue weighted by Crippen LogP contribution is -2.07. The zero-order valence-corrected chi connectivity index (χ0v) is 16.5. The molecule has 0 aliphatic carbocycles. The second-order valence-corrected chi connectivity index (χ2v) is 6.55. The molecule has 1 aromatic heterocycles. The number of aromatic hydroxyl groups is 1. The van der Waals surface area contributed by atoms with E-state index in [1.54, 1.807) is 13.0 Å². The molecule has 28 heavy (non-hydrogen) atoms. The number of carbonyl (C=O) groups excluding carboxylic acids is 1. The first kappa shape index (κ1) is 19.6. The maximum Gasteiger partial charge on any atom is 0.340 e. The first-order valence-corrected chi connectivity index (χ1v) is 9.57. The second-order valence-electron chi connectivity index (χ2n) is 6.55. The van der Waals surface area contributed by atoms with Gasteiger partial charge in [-0.25, -0.2) is 4.79 Å². The Labute approximate surface area is 164 Å². The van der Waals surface area contributed by atoms with Crippen molar-refractivity contribution in [2.45, 2.75) is 40.2 Å². The Hall–Kier alpha value is -3.15. The number of fused-ring (bicyclic) bond motifs is 1. The lowest BCUT2D eigenvalue weighted by atomic mass is 10.1. The van der Waals surface area contributed by atoms with Crippen molar-refractivity contribution in [3.63, 3.8) is 0 Å². The number of rotatable bonds is 7. The fraction of sp³-hybridized carbons (Fsp3) is 0.318. The number of unbranched alkanes of at least 4 members (excludes halogenated alkanes) is 1. The summed E-state index contributed by atoms with van der Waals surface area (Å²) in [5, 5.41) is 19.6. The minimum Gasteiger partial charge on any atom is -0.506 e. The predicted molar refractivity (Wildman–Crippen MR) is 110 cm³/mol. The molecule has 146 valence electrons. The van der Waals surface area contributed by atoms with E-state index in [1.807, 2.05) is 43.3 Å². The number of benzene rings is 2. The maximum absolute atomic E-state index is 12.7. The van der Waals surface area contributed by atoms with Gasteiger partial charge < -0.3 is 14.4 Å². The van der Waals surface area contributed by atoms with Crippen molar-refractivity contribution in [3.8, 4) is 5.75 Å². The van der Waals surface area contributed by atoms with Crippen LogP contribution >= 0.6 is 0 Å². The van der Waals surface area contributed by atoms with Crippen LogP contribution < -0.4 is 0 Å². The molecule has 6 heteroatoms. The molecule has 1 N–H and O–H groups in total. The zero-order valence-electron chi connectivity index (χ0n) is 16.5. The number of nitrogens with zero attached hydrogens (tertiary/aromatic N) is 3. The molecule has 0 aliphatic rings. The Balaban J connectivity index is 2.23. The molecule has 0 bridgehead atoms. The molecule has 2 aromatic carbocycles.